The largest absolute Gasteiger partial charge is 0.253 e. The first-order chi connectivity index (χ1) is 9.16. The fourth-order valence-corrected chi connectivity index (χ4v) is 1.87. The van der Waals surface area contributed by atoms with E-state index in [-0.39, 0.29) is 0 Å². The molecule has 19 heavy (non-hydrogen) atoms. The highest BCUT2D eigenvalue weighted by molar-refractivity contribution is 6.02. The van der Waals surface area contributed by atoms with E-state index in [0.717, 1.165) is 11.4 Å². The Morgan fingerprint density at radius 3 is 2.21 bits per heavy atom. The quantitative estimate of drug-likeness (QED) is 0.664. The lowest BCUT2D eigenvalue weighted by atomic mass is 10.0. The Labute approximate surface area is 115 Å². The molecule has 0 N–H and O–H groups in total. The molecule has 0 saturated carbocycles. The minimum atomic E-state index is 0.998. The summed E-state index contributed by atoms with van der Waals surface area (Å²) in [5.74, 6) is 0. The maximum Gasteiger partial charge on any atom is 0.0632 e. The summed E-state index contributed by atoms with van der Waals surface area (Å²) in [6.45, 7) is 6.29. The van der Waals surface area contributed by atoms with Crippen LogP contribution in [0.4, 0.5) is 5.69 Å². The zero-order chi connectivity index (χ0) is 13.7. The predicted molar refractivity (Wildman–Crippen MR) is 84.0 cm³/mol. The van der Waals surface area contributed by atoms with Crippen LogP contribution in [0.2, 0.25) is 0 Å². The van der Waals surface area contributed by atoms with E-state index >= 15 is 0 Å². The molecular formula is C18H19N. The first-order valence-electron chi connectivity index (χ1n) is 6.51. The summed E-state index contributed by atoms with van der Waals surface area (Å²) in [6.07, 6.45) is 2.19. The first-order valence-corrected chi connectivity index (χ1v) is 6.51. The lowest BCUT2D eigenvalue weighted by Crippen LogP contribution is -1.93. The Bertz CT molecular complexity index is 607. The monoisotopic (exact) mass is 249 g/mol. The minimum absolute atomic E-state index is 0.998. The van der Waals surface area contributed by atoms with Crippen LogP contribution in [0, 0.1) is 6.92 Å². The van der Waals surface area contributed by atoms with Crippen molar-refractivity contribution in [1.82, 2.24) is 0 Å². The van der Waals surface area contributed by atoms with E-state index in [2.05, 4.69) is 56.1 Å². The van der Waals surface area contributed by atoms with Crippen LogP contribution in [0.1, 0.15) is 25.0 Å². The van der Waals surface area contributed by atoms with Gasteiger partial charge < -0.3 is 0 Å². The van der Waals surface area contributed by atoms with Crippen molar-refractivity contribution in [3.63, 3.8) is 0 Å². The summed E-state index contributed by atoms with van der Waals surface area (Å²) in [7, 11) is 0. The zero-order valence-corrected chi connectivity index (χ0v) is 11.7. The molecule has 0 aliphatic carbocycles. The van der Waals surface area contributed by atoms with Crippen molar-refractivity contribution in [1.29, 1.82) is 0 Å². The number of nitrogens with zero attached hydrogens (tertiary/aromatic N) is 1. The Morgan fingerprint density at radius 1 is 0.895 bits per heavy atom. The molecule has 0 radical (unpaired) electrons. The van der Waals surface area contributed by atoms with Gasteiger partial charge in [-0.3, -0.25) is 4.99 Å². The lowest BCUT2D eigenvalue weighted by Gasteiger charge is -2.04. The van der Waals surface area contributed by atoms with Gasteiger partial charge in [0, 0.05) is 5.71 Å². The van der Waals surface area contributed by atoms with Crippen LogP contribution in [-0.4, -0.2) is 5.71 Å². The molecule has 0 heterocycles. The molecule has 0 spiro atoms. The lowest BCUT2D eigenvalue weighted by molar-refractivity contribution is 1.42. The van der Waals surface area contributed by atoms with Crippen molar-refractivity contribution < 1.29 is 0 Å². The molecule has 0 atom stereocenters. The summed E-state index contributed by atoms with van der Waals surface area (Å²) < 4.78 is 0. The van der Waals surface area contributed by atoms with E-state index in [4.69, 9.17) is 0 Å². The van der Waals surface area contributed by atoms with Crippen molar-refractivity contribution in [3.05, 3.63) is 71.3 Å². The van der Waals surface area contributed by atoms with Crippen LogP contribution in [0.3, 0.4) is 0 Å². The minimum Gasteiger partial charge on any atom is -0.253 e. The number of allylic oxidation sites excluding steroid dienone is 1. The van der Waals surface area contributed by atoms with Crippen molar-refractivity contribution in [3.8, 4) is 0 Å². The van der Waals surface area contributed by atoms with Crippen LogP contribution in [-0.2, 0) is 0 Å². The molecule has 96 valence electrons. The van der Waals surface area contributed by atoms with Gasteiger partial charge in [-0.1, -0.05) is 42.5 Å². The van der Waals surface area contributed by atoms with Gasteiger partial charge in [0.2, 0.25) is 0 Å². The van der Waals surface area contributed by atoms with E-state index in [1.807, 2.05) is 30.3 Å². The normalized spacial score (nSPS) is 12.6. The summed E-state index contributed by atoms with van der Waals surface area (Å²) in [5, 5.41) is 0. The van der Waals surface area contributed by atoms with Crippen molar-refractivity contribution >= 4 is 17.5 Å². The van der Waals surface area contributed by atoms with Crippen LogP contribution in [0.15, 0.2) is 65.2 Å². The van der Waals surface area contributed by atoms with Crippen molar-refractivity contribution in [2.75, 3.05) is 0 Å². The van der Waals surface area contributed by atoms with E-state index in [0.29, 0.717) is 0 Å². The highest BCUT2D eigenvalue weighted by Gasteiger charge is 1.98. The first kappa shape index (κ1) is 13.3. The molecule has 0 saturated heterocycles. The molecule has 0 unspecified atom stereocenters. The highest BCUT2D eigenvalue weighted by atomic mass is 14.7. The Hall–Kier alpha value is -2.15. The van der Waals surface area contributed by atoms with Crippen molar-refractivity contribution in [2.45, 2.75) is 20.8 Å². The van der Waals surface area contributed by atoms with Gasteiger partial charge in [-0.05, 0) is 55.7 Å². The summed E-state index contributed by atoms with van der Waals surface area (Å²) in [5.41, 5.74) is 5.78. The summed E-state index contributed by atoms with van der Waals surface area (Å²) in [6, 6.07) is 18.4. The molecule has 0 aliphatic rings. The highest BCUT2D eigenvalue weighted by Crippen LogP contribution is 2.16. The fraction of sp³-hybridized carbons (Fsp3) is 0.167. The summed E-state index contributed by atoms with van der Waals surface area (Å²) >= 11 is 0. The second-order valence-electron chi connectivity index (χ2n) is 4.72. The predicted octanol–water partition coefficient (Wildman–Crippen LogP) is 5.19. The van der Waals surface area contributed by atoms with Crippen molar-refractivity contribution in [2.24, 2.45) is 4.99 Å². The van der Waals surface area contributed by atoms with E-state index < -0.39 is 0 Å². The summed E-state index contributed by atoms with van der Waals surface area (Å²) in [4.78, 5) is 4.63. The van der Waals surface area contributed by atoms with Gasteiger partial charge in [-0.2, -0.15) is 0 Å². The smallest absolute Gasteiger partial charge is 0.0632 e. The standard InChI is InChI=1S/C18H19N/c1-14-9-7-8-10-17(14)13-15(2)16(3)19-18-11-5-4-6-12-18/h4-13H,1-3H3. The molecule has 0 aromatic heterocycles. The zero-order valence-electron chi connectivity index (χ0n) is 11.7. The van der Waals surface area contributed by atoms with Gasteiger partial charge >= 0.3 is 0 Å². The number of aryl methyl sites for hydroxylation is 1. The molecule has 2 rings (SSSR count). The van der Waals surface area contributed by atoms with E-state index in [1.165, 1.54) is 16.7 Å². The van der Waals surface area contributed by atoms with Crippen LogP contribution in [0.25, 0.3) is 6.08 Å². The SMILES string of the molecule is CC(=Cc1ccccc1C)C(C)=Nc1ccccc1. The Balaban J connectivity index is 2.27. The number of hydrogen-bond acceptors (Lipinski definition) is 1. The maximum atomic E-state index is 4.63. The number of rotatable bonds is 3. The van der Waals surface area contributed by atoms with Crippen LogP contribution in [0.5, 0.6) is 0 Å². The second kappa shape index (κ2) is 6.14. The fourth-order valence-electron chi connectivity index (χ4n) is 1.87. The molecule has 0 fully saturated rings. The number of benzene rings is 2. The Kier molecular flexibility index (Phi) is 4.30. The van der Waals surface area contributed by atoms with Crippen LogP contribution < -0.4 is 0 Å². The molecule has 0 amide bonds. The molecule has 1 nitrogen and oxygen atoms in total. The van der Waals surface area contributed by atoms with E-state index in [1.54, 1.807) is 0 Å². The Morgan fingerprint density at radius 2 is 1.53 bits per heavy atom. The van der Waals surface area contributed by atoms with E-state index in [9.17, 15) is 0 Å². The molecule has 2 aromatic rings. The molecule has 0 aliphatic heterocycles. The number of hydrogen-bond donors (Lipinski definition) is 0. The number of aliphatic imine (C=N–C) groups is 1. The average molecular weight is 249 g/mol. The third-order valence-electron chi connectivity index (χ3n) is 3.18. The van der Waals surface area contributed by atoms with Gasteiger partial charge in [0.15, 0.2) is 0 Å². The molecular weight excluding hydrogens is 230 g/mol. The number of para-hydroxylation sites is 1. The maximum absolute atomic E-state index is 4.63. The van der Waals surface area contributed by atoms with Gasteiger partial charge in [-0.25, -0.2) is 0 Å². The van der Waals surface area contributed by atoms with Gasteiger partial charge in [0.25, 0.3) is 0 Å². The molecule has 1 heteroatoms. The third kappa shape index (κ3) is 3.65. The second-order valence-corrected chi connectivity index (χ2v) is 4.72. The molecule has 2 aromatic carbocycles. The van der Waals surface area contributed by atoms with Gasteiger partial charge in [0.1, 0.15) is 0 Å². The van der Waals surface area contributed by atoms with Crippen LogP contribution >= 0.6 is 0 Å². The van der Waals surface area contributed by atoms with Gasteiger partial charge in [-0.15, -0.1) is 0 Å². The topological polar surface area (TPSA) is 12.4 Å². The average Bonchev–Trinajstić information content (AvgIpc) is 2.42. The molecule has 0 bridgehead atoms. The third-order valence-corrected chi connectivity index (χ3v) is 3.18. The van der Waals surface area contributed by atoms with Gasteiger partial charge in [0.05, 0.1) is 5.69 Å².